The first-order chi connectivity index (χ1) is 19.2. The summed E-state index contributed by atoms with van der Waals surface area (Å²) in [4.78, 5) is 39.8. The zero-order valence-electron chi connectivity index (χ0n) is 23.2. The molecule has 204 valence electrons. The third kappa shape index (κ3) is 5.41. The molecule has 7 heteroatoms. The average Bonchev–Trinajstić information content (AvgIpc) is 3.28. The summed E-state index contributed by atoms with van der Waals surface area (Å²) in [5.41, 5.74) is 4.37. The lowest BCUT2D eigenvalue weighted by molar-refractivity contribution is -0.122. The van der Waals surface area contributed by atoms with Crippen LogP contribution in [-0.4, -0.2) is 29.0 Å². The lowest BCUT2D eigenvalue weighted by Crippen LogP contribution is -2.54. The lowest BCUT2D eigenvalue weighted by Gasteiger charge is -2.26. The van der Waals surface area contributed by atoms with Crippen LogP contribution in [0.1, 0.15) is 44.4 Å². The Morgan fingerprint density at radius 2 is 1.60 bits per heavy atom. The molecule has 0 aliphatic carbocycles. The van der Waals surface area contributed by atoms with E-state index in [0.29, 0.717) is 24.4 Å². The van der Waals surface area contributed by atoms with Gasteiger partial charge in [0, 0.05) is 22.7 Å². The number of ether oxygens (including phenoxy) is 1. The number of anilines is 1. The van der Waals surface area contributed by atoms with Gasteiger partial charge in [0.25, 0.3) is 11.8 Å². The van der Waals surface area contributed by atoms with Gasteiger partial charge in [-0.25, -0.2) is 9.69 Å². The number of carbonyl (C=O) groups is 3. The van der Waals surface area contributed by atoms with Crippen molar-refractivity contribution in [2.75, 3.05) is 11.5 Å². The van der Waals surface area contributed by atoms with Gasteiger partial charge < -0.3 is 9.30 Å². The predicted octanol–water partition coefficient (Wildman–Crippen LogP) is 6.25. The summed E-state index contributed by atoms with van der Waals surface area (Å²) in [6.45, 7) is 9.57. The maximum atomic E-state index is 13.4. The molecule has 0 unspecified atom stereocenters. The quantitative estimate of drug-likeness (QED) is 0.224. The smallest absolute Gasteiger partial charge is 0.335 e. The van der Waals surface area contributed by atoms with E-state index in [2.05, 4.69) is 38.2 Å². The maximum absolute atomic E-state index is 13.4. The number of hydrogen-bond donors (Lipinski definition) is 1. The number of urea groups is 1. The number of rotatable bonds is 7. The highest BCUT2D eigenvalue weighted by Crippen LogP contribution is 2.28. The fourth-order valence-electron chi connectivity index (χ4n) is 4.82. The Bertz CT molecular complexity index is 1610. The van der Waals surface area contributed by atoms with E-state index < -0.39 is 17.8 Å². The van der Waals surface area contributed by atoms with Gasteiger partial charge in [0.1, 0.15) is 17.9 Å². The van der Waals surface area contributed by atoms with Gasteiger partial charge in [-0.3, -0.25) is 14.9 Å². The Hall–Kier alpha value is -4.65. The lowest BCUT2D eigenvalue weighted by atomic mass is 9.87. The van der Waals surface area contributed by atoms with Crippen LogP contribution < -0.4 is 15.0 Å². The van der Waals surface area contributed by atoms with Gasteiger partial charge in [-0.2, -0.15) is 0 Å². The number of amides is 4. The number of carbonyl (C=O) groups excluding carboxylic acids is 3. The van der Waals surface area contributed by atoms with Gasteiger partial charge in [-0.15, -0.1) is 0 Å². The Balaban J connectivity index is 1.39. The van der Waals surface area contributed by atoms with Crippen LogP contribution in [0.15, 0.2) is 84.6 Å². The Morgan fingerprint density at radius 1 is 0.900 bits per heavy atom. The summed E-state index contributed by atoms with van der Waals surface area (Å²) in [5, 5.41) is 3.20. The Kier molecular flexibility index (Phi) is 7.30. The molecule has 5 rings (SSSR count). The molecule has 1 aromatic heterocycles. The number of benzene rings is 3. The second-order valence-electron chi connectivity index (χ2n) is 10.9. The molecule has 40 heavy (non-hydrogen) atoms. The van der Waals surface area contributed by atoms with E-state index >= 15 is 0 Å². The summed E-state index contributed by atoms with van der Waals surface area (Å²) in [6, 6.07) is 22.3. The minimum atomic E-state index is -0.758. The first kappa shape index (κ1) is 26.9. The van der Waals surface area contributed by atoms with Crippen LogP contribution in [0.25, 0.3) is 17.0 Å². The summed E-state index contributed by atoms with van der Waals surface area (Å²) < 4.78 is 8.06. The second-order valence-corrected chi connectivity index (χ2v) is 10.9. The van der Waals surface area contributed by atoms with E-state index in [0.717, 1.165) is 33.5 Å². The zero-order chi connectivity index (χ0) is 28.4. The number of nitrogens with one attached hydrogen (secondary N) is 1. The largest absolute Gasteiger partial charge is 0.492 e. The monoisotopic (exact) mass is 535 g/mol. The zero-order valence-corrected chi connectivity index (χ0v) is 23.2. The number of aryl methyl sites for hydroxylation is 1. The topological polar surface area (TPSA) is 80.6 Å². The van der Waals surface area contributed by atoms with Gasteiger partial charge in [-0.1, -0.05) is 70.2 Å². The first-order valence-electron chi connectivity index (χ1n) is 13.5. The molecule has 4 aromatic rings. The highest BCUT2D eigenvalue weighted by molar-refractivity contribution is 6.39. The van der Waals surface area contributed by atoms with Gasteiger partial charge in [0.05, 0.1) is 12.2 Å². The summed E-state index contributed by atoms with van der Waals surface area (Å²) >= 11 is 0. The van der Waals surface area contributed by atoms with Gasteiger partial charge in [0.2, 0.25) is 0 Å². The molecule has 2 heterocycles. The van der Waals surface area contributed by atoms with Crippen molar-refractivity contribution in [2.24, 2.45) is 0 Å². The van der Waals surface area contributed by atoms with E-state index in [9.17, 15) is 14.4 Å². The molecule has 0 atom stereocenters. The first-order valence-corrected chi connectivity index (χ1v) is 13.5. The number of fused-ring (bicyclic) bond motifs is 1. The number of nitrogens with zero attached hydrogens (tertiary/aromatic N) is 2. The fraction of sp³-hybridized carbons (Fsp3) is 0.242. The molecular weight excluding hydrogens is 502 g/mol. The van der Waals surface area contributed by atoms with Gasteiger partial charge in [-0.05, 0) is 59.4 Å². The normalized spacial score (nSPS) is 15.2. The highest BCUT2D eigenvalue weighted by Gasteiger charge is 2.37. The summed E-state index contributed by atoms with van der Waals surface area (Å²) in [6.07, 6.45) is 4.30. The predicted molar refractivity (Wildman–Crippen MR) is 157 cm³/mol. The molecule has 0 saturated carbocycles. The summed E-state index contributed by atoms with van der Waals surface area (Å²) in [5.74, 6) is -0.569. The van der Waals surface area contributed by atoms with Crippen molar-refractivity contribution in [3.63, 3.8) is 0 Å². The van der Waals surface area contributed by atoms with Crippen LogP contribution >= 0.6 is 0 Å². The fourth-order valence-corrected chi connectivity index (χ4v) is 4.82. The Labute approximate surface area is 234 Å². The molecule has 0 spiro atoms. The molecule has 1 aliphatic rings. The van der Waals surface area contributed by atoms with E-state index in [4.69, 9.17) is 4.74 Å². The molecule has 0 radical (unpaired) electrons. The van der Waals surface area contributed by atoms with Gasteiger partial charge >= 0.3 is 6.03 Å². The van der Waals surface area contributed by atoms with Crippen molar-refractivity contribution in [3.05, 3.63) is 101 Å². The molecule has 7 nitrogen and oxygen atoms in total. The SMILES string of the molecule is CCc1ccc(N2C(=O)NC(=O)/C(=C/c3cn(CCOc4ccc(C(C)(C)C)cc4)c4ccccc34)C2=O)cc1. The molecule has 1 N–H and O–H groups in total. The number of imide groups is 2. The molecule has 3 aromatic carbocycles. The number of hydrogen-bond acceptors (Lipinski definition) is 4. The molecule has 4 amide bonds. The van der Waals surface area contributed by atoms with Crippen molar-refractivity contribution in [1.29, 1.82) is 0 Å². The second kappa shape index (κ2) is 10.8. The van der Waals surface area contributed by atoms with Crippen LogP contribution in [0.4, 0.5) is 10.5 Å². The van der Waals surface area contributed by atoms with Crippen LogP contribution in [0, 0.1) is 0 Å². The standard InChI is InChI=1S/C33H33N3O4/c1-5-22-10-14-25(15-11-22)36-31(38)28(30(37)34-32(36)39)20-23-21-35(29-9-7-6-8-27(23)29)18-19-40-26-16-12-24(13-17-26)33(2,3)4/h6-17,20-21H,5,18-19H2,1-4H3,(H,34,37,39)/b28-20-. The highest BCUT2D eigenvalue weighted by atomic mass is 16.5. The van der Waals surface area contributed by atoms with Crippen LogP contribution in [-0.2, 0) is 28.0 Å². The van der Waals surface area contributed by atoms with E-state index in [-0.39, 0.29) is 11.0 Å². The van der Waals surface area contributed by atoms with Crippen molar-refractivity contribution >= 4 is 40.5 Å². The molecular formula is C33H33N3O4. The van der Waals surface area contributed by atoms with Crippen LogP contribution in [0.2, 0.25) is 0 Å². The molecule has 1 aliphatic heterocycles. The number of para-hydroxylation sites is 1. The number of aromatic nitrogens is 1. The van der Waals surface area contributed by atoms with E-state index in [1.165, 1.54) is 5.56 Å². The minimum Gasteiger partial charge on any atom is -0.492 e. The molecule has 0 bridgehead atoms. The van der Waals surface area contributed by atoms with E-state index in [1.807, 2.05) is 66.2 Å². The van der Waals surface area contributed by atoms with Crippen molar-refractivity contribution in [3.8, 4) is 5.75 Å². The maximum Gasteiger partial charge on any atom is 0.335 e. The number of barbiturate groups is 1. The van der Waals surface area contributed by atoms with E-state index in [1.54, 1.807) is 18.2 Å². The average molecular weight is 536 g/mol. The van der Waals surface area contributed by atoms with Crippen molar-refractivity contribution < 1.29 is 19.1 Å². The molecule has 1 saturated heterocycles. The third-order valence-corrected chi connectivity index (χ3v) is 7.14. The van der Waals surface area contributed by atoms with Crippen molar-refractivity contribution in [1.82, 2.24) is 9.88 Å². The van der Waals surface area contributed by atoms with Crippen LogP contribution in [0.5, 0.6) is 5.75 Å². The summed E-state index contributed by atoms with van der Waals surface area (Å²) in [7, 11) is 0. The third-order valence-electron chi connectivity index (χ3n) is 7.14. The Morgan fingerprint density at radius 3 is 2.27 bits per heavy atom. The van der Waals surface area contributed by atoms with Crippen LogP contribution in [0.3, 0.4) is 0 Å². The van der Waals surface area contributed by atoms with Gasteiger partial charge in [0.15, 0.2) is 0 Å². The van der Waals surface area contributed by atoms with Crippen molar-refractivity contribution in [2.45, 2.75) is 46.1 Å². The minimum absolute atomic E-state index is 0.0775. The molecule has 1 fully saturated rings.